The minimum absolute atomic E-state index is 0.189. The van der Waals surface area contributed by atoms with Gasteiger partial charge in [0.05, 0.1) is 17.4 Å². The second-order valence-corrected chi connectivity index (χ2v) is 6.92. The summed E-state index contributed by atoms with van der Waals surface area (Å²) < 4.78 is 30.5. The van der Waals surface area contributed by atoms with E-state index in [0.29, 0.717) is 12.8 Å². The number of hydrogen-bond acceptors (Lipinski definition) is 4. The van der Waals surface area contributed by atoms with Gasteiger partial charge in [0.25, 0.3) is 10.1 Å². The van der Waals surface area contributed by atoms with Crippen LogP contribution >= 0.6 is 0 Å². The molecule has 2 N–H and O–H groups in total. The van der Waals surface area contributed by atoms with Crippen LogP contribution < -0.4 is 5.32 Å². The lowest BCUT2D eigenvalue weighted by molar-refractivity contribution is -0.126. The van der Waals surface area contributed by atoms with Crippen LogP contribution in [0, 0.1) is 23.2 Å². The summed E-state index contributed by atoms with van der Waals surface area (Å²) in [6, 6.07) is 2.12. The van der Waals surface area contributed by atoms with Gasteiger partial charge in [0, 0.05) is 11.8 Å². The molecule has 0 saturated heterocycles. The van der Waals surface area contributed by atoms with Gasteiger partial charge in [-0.15, -0.1) is 0 Å². The molecule has 0 bridgehead atoms. The second kappa shape index (κ2) is 6.87. The highest BCUT2D eigenvalue weighted by Crippen LogP contribution is 2.16. The molecule has 0 heterocycles. The van der Waals surface area contributed by atoms with Gasteiger partial charge in [-0.25, -0.2) is 0 Å². The van der Waals surface area contributed by atoms with E-state index in [1.54, 1.807) is 6.92 Å². The summed E-state index contributed by atoms with van der Waals surface area (Å²) >= 11 is 0. The van der Waals surface area contributed by atoms with Crippen molar-refractivity contribution in [3.05, 3.63) is 0 Å². The number of nitrogens with zero attached hydrogens (tertiary/aromatic N) is 1. The molecule has 0 aliphatic rings. The maximum Gasteiger partial charge on any atom is 0.267 e. The number of hydrogen-bond donors (Lipinski definition) is 2. The van der Waals surface area contributed by atoms with Gasteiger partial charge in [-0.05, 0) is 26.7 Å². The largest absolute Gasteiger partial charge is 0.350 e. The van der Waals surface area contributed by atoms with Crippen molar-refractivity contribution in [2.75, 3.05) is 5.75 Å². The molecule has 0 aromatic rings. The van der Waals surface area contributed by atoms with Crippen LogP contribution in [0.4, 0.5) is 0 Å². The number of rotatable bonds is 7. The van der Waals surface area contributed by atoms with Gasteiger partial charge in [0.2, 0.25) is 5.91 Å². The SMILES string of the molecule is CCC(C#N)CC(C)C(=O)NC(C)(C)CS(=O)(=O)O. The predicted molar refractivity (Wildman–Crippen MR) is 71.8 cm³/mol. The molecule has 0 aromatic carbocycles. The third-order valence-electron chi connectivity index (χ3n) is 2.77. The Morgan fingerprint density at radius 1 is 1.47 bits per heavy atom. The number of nitriles is 1. The molecule has 2 unspecified atom stereocenters. The van der Waals surface area contributed by atoms with E-state index in [9.17, 15) is 13.2 Å². The molecule has 2 atom stereocenters. The summed E-state index contributed by atoms with van der Waals surface area (Å²) in [4.78, 5) is 11.9. The third kappa shape index (κ3) is 7.80. The van der Waals surface area contributed by atoms with Gasteiger partial charge in [-0.3, -0.25) is 9.35 Å². The molecule has 0 aliphatic carbocycles. The second-order valence-electron chi connectivity index (χ2n) is 5.47. The number of carbonyl (C=O) groups is 1. The zero-order valence-electron chi connectivity index (χ0n) is 11.8. The quantitative estimate of drug-likeness (QED) is 0.688. The standard InChI is InChI=1S/C12H22N2O4S/c1-5-10(7-13)6-9(2)11(15)14-12(3,4)8-19(16,17)18/h9-10H,5-6,8H2,1-4H3,(H,14,15)(H,16,17,18). The summed E-state index contributed by atoms with van der Waals surface area (Å²) in [7, 11) is -4.15. The molecule has 7 heteroatoms. The van der Waals surface area contributed by atoms with E-state index in [1.807, 2.05) is 6.92 Å². The third-order valence-corrected chi connectivity index (χ3v) is 3.85. The van der Waals surface area contributed by atoms with E-state index >= 15 is 0 Å². The number of carbonyl (C=O) groups excluding carboxylic acids is 1. The Balaban J connectivity index is 4.56. The first kappa shape index (κ1) is 17.9. The van der Waals surface area contributed by atoms with Gasteiger partial charge < -0.3 is 5.32 Å². The highest BCUT2D eigenvalue weighted by atomic mass is 32.2. The van der Waals surface area contributed by atoms with Crippen molar-refractivity contribution >= 4 is 16.0 Å². The normalized spacial score (nSPS) is 15.4. The van der Waals surface area contributed by atoms with Crippen LogP contribution in [0.2, 0.25) is 0 Å². The Morgan fingerprint density at radius 2 is 2.00 bits per heavy atom. The smallest absolute Gasteiger partial charge is 0.267 e. The Morgan fingerprint density at radius 3 is 2.37 bits per heavy atom. The van der Waals surface area contributed by atoms with Gasteiger partial charge >= 0.3 is 0 Å². The van der Waals surface area contributed by atoms with E-state index < -0.39 is 21.4 Å². The summed E-state index contributed by atoms with van der Waals surface area (Å²) in [5, 5.41) is 11.4. The van der Waals surface area contributed by atoms with Gasteiger partial charge in [0.15, 0.2) is 0 Å². The lowest BCUT2D eigenvalue weighted by Crippen LogP contribution is -2.50. The molecular weight excluding hydrogens is 268 g/mol. The molecule has 0 radical (unpaired) electrons. The van der Waals surface area contributed by atoms with Crippen molar-refractivity contribution in [3.8, 4) is 6.07 Å². The van der Waals surface area contributed by atoms with Crippen molar-refractivity contribution in [1.29, 1.82) is 5.26 Å². The summed E-state index contributed by atoms with van der Waals surface area (Å²) in [6.07, 6.45) is 1.10. The molecule has 0 aromatic heterocycles. The zero-order valence-corrected chi connectivity index (χ0v) is 12.6. The summed E-state index contributed by atoms with van der Waals surface area (Å²) in [5.41, 5.74) is -1.05. The van der Waals surface area contributed by atoms with Crippen molar-refractivity contribution in [2.24, 2.45) is 11.8 Å². The molecule has 0 spiro atoms. The van der Waals surface area contributed by atoms with E-state index in [-0.39, 0.29) is 17.7 Å². The average Bonchev–Trinajstić information content (AvgIpc) is 2.21. The molecule has 0 aliphatic heterocycles. The Hall–Kier alpha value is -1.13. The van der Waals surface area contributed by atoms with Gasteiger partial charge in [0.1, 0.15) is 0 Å². The average molecular weight is 290 g/mol. The van der Waals surface area contributed by atoms with E-state index in [0.717, 1.165) is 0 Å². The van der Waals surface area contributed by atoms with Crippen molar-refractivity contribution in [2.45, 2.75) is 46.1 Å². The molecule has 110 valence electrons. The highest BCUT2D eigenvalue weighted by Gasteiger charge is 2.29. The fourth-order valence-electron chi connectivity index (χ4n) is 1.79. The fourth-order valence-corrected chi connectivity index (χ4v) is 2.78. The van der Waals surface area contributed by atoms with Crippen LogP contribution in [0.25, 0.3) is 0 Å². The van der Waals surface area contributed by atoms with Crippen LogP contribution in [0.15, 0.2) is 0 Å². The summed E-state index contributed by atoms with van der Waals surface area (Å²) in [6.45, 7) is 6.61. The first-order valence-corrected chi connectivity index (χ1v) is 7.78. The van der Waals surface area contributed by atoms with Crippen LogP contribution in [-0.2, 0) is 14.9 Å². The highest BCUT2D eigenvalue weighted by molar-refractivity contribution is 7.85. The van der Waals surface area contributed by atoms with E-state index in [1.165, 1.54) is 13.8 Å². The maximum absolute atomic E-state index is 11.9. The first-order valence-electron chi connectivity index (χ1n) is 6.17. The molecule has 0 saturated carbocycles. The minimum atomic E-state index is -4.15. The maximum atomic E-state index is 11.9. The van der Waals surface area contributed by atoms with Crippen molar-refractivity contribution in [1.82, 2.24) is 5.32 Å². The van der Waals surface area contributed by atoms with Crippen LogP contribution in [0.1, 0.15) is 40.5 Å². The topological polar surface area (TPSA) is 107 Å². The predicted octanol–water partition coefficient (Wildman–Crippen LogP) is 1.34. The minimum Gasteiger partial charge on any atom is -0.350 e. The molecule has 1 amide bonds. The van der Waals surface area contributed by atoms with Gasteiger partial charge in [-0.1, -0.05) is 13.8 Å². The van der Waals surface area contributed by atoms with Crippen LogP contribution in [0.3, 0.4) is 0 Å². The molecule has 6 nitrogen and oxygen atoms in total. The van der Waals surface area contributed by atoms with Gasteiger partial charge in [-0.2, -0.15) is 13.7 Å². The molecular formula is C12H22N2O4S. The Bertz CT molecular complexity index is 451. The van der Waals surface area contributed by atoms with Crippen molar-refractivity contribution in [3.63, 3.8) is 0 Å². The molecule has 19 heavy (non-hydrogen) atoms. The van der Waals surface area contributed by atoms with E-state index in [4.69, 9.17) is 9.81 Å². The fraction of sp³-hybridized carbons (Fsp3) is 0.833. The lowest BCUT2D eigenvalue weighted by atomic mass is 9.93. The van der Waals surface area contributed by atoms with Crippen LogP contribution in [-0.4, -0.2) is 30.2 Å². The summed E-state index contributed by atoms with van der Waals surface area (Å²) in [5.74, 6) is -1.44. The van der Waals surface area contributed by atoms with E-state index in [2.05, 4.69) is 11.4 Å². The molecule has 0 rings (SSSR count). The lowest BCUT2D eigenvalue weighted by Gasteiger charge is -2.27. The number of nitrogens with one attached hydrogen (secondary N) is 1. The first-order chi connectivity index (χ1) is 8.50. The zero-order chi connectivity index (χ0) is 15.3. The Kier molecular flexibility index (Phi) is 6.46. The molecule has 0 fully saturated rings. The number of amides is 1. The van der Waals surface area contributed by atoms with Crippen LogP contribution in [0.5, 0.6) is 0 Å². The van der Waals surface area contributed by atoms with Crippen molar-refractivity contribution < 1.29 is 17.8 Å². The Labute approximate surface area is 114 Å². The monoisotopic (exact) mass is 290 g/mol.